The van der Waals surface area contributed by atoms with Crippen molar-refractivity contribution in [3.63, 3.8) is 0 Å². The molecule has 0 atom stereocenters. The summed E-state index contributed by atoms with van der Waals surface area (Å²) in [7, 11) is 0. The van der Waals surface area contributed by atoms with E-state index in [1.807, 2.05) is 13.0 Å². The smallest absolute Gasteiger partial charge is 0.126 e. The molecule has 2 heteroatoms. The fourth-order valence-electron chi connectivity index (χ4n) is 3.78. The largest absolute Gasteiger partial charge is 0.233 e. The summed E-state index contributed by atoms with van der Waals surface area (Å²) < 4.78 is 0. The molecular weight excluding hydrogens is 328 g/mol. The maximum atomic E-state index is 4.85. The first kappa shape index (κ1) is 15.7. The number of aromatic nitrogens is 2. The fourth-order valence-corrected chi connectivity index (χ4v) is 3.78. The van der Waals surface area contributed by atoms with Gasteiger partial charge < -0.3 is 0 Å². The summed E-state index contributed by atoms with van der Waals surface area (Å²) in [4.78, 5) is 9.58. The van der Waals surface area contributed by atoms with Crippen LogP contribution < -0.4 is 0 Å². The van der Waals surface area contributed by atoms with E-state index in [4.69, 9.17) is 9.97 Å². The second kappa shape index (κ2) is 6.33. The summed E-state index contributed by atoms with van der Waals surface area (Å²) in [5.41, 5.74) is 5.51. The Labute approximate surface area is 158 Å². The maximum Gasteiger partial charge on any atom is 0.126 e. The van der Waals surface area contributed by atoms with Gasteiger partial charge >= 0.3 is 0 Å². The van der Waals surface area contributed by atoms with Crippen LogP contribution in [0.15, 0.2) is 91.0 Å². The highest BCUT2D eigenvalue weighted by atomic mass is 14.9. The highest BCUT2D eigenvalue weighted by Crippen LogP contribution is 2.38. The Morgan fingerprint density at radius 2 is 1.26 bits per heavy atom. The molecule has 0 aliphatic carbocycles. The van der Waals surface area contributed by atoms with Crippen molar-refractivity contribution in [3.8, 4) is 22.4 Å². The summed E-state index contributed by atoms with van der Waals surface area (Å²) in [6.07, 6.45) is 0. The SMILES string of the molecule is Cc1nc(-c2ccccc2)c2c(ccc3cccc(-c4ccccc4)c32)n1. The lowest BCUT2D eigenvalue weighted by molar-refractivity contribution is 1.10. The Kier molecular flexibility index (Phi) is 3.68. The van der Waals surface area contributed by atoms with Gasteiger partial charge in [-0.2, -0.15) is 0 Å². The standard InChI is InChI=1S/C25H18N2/c1-17-26-22-16-15-19-13-8-14-21(18-9-4-2-5-10-18)23(19)24(22)25(27-17)20-11-6-3-7-12-20/h2-16H,1H3. The first-order chi connectivity index (χ1) is 13.3. The van der Waals surface area contributed by atoms with Crippen LogP contribution in [0.25, 0.3) is 44.1 Å². The van der Waals surface area contributed by atoms with Crippen LogP contribution in [0.1, 0.15) is 5.82 Å². The highest BCUT2D eigenvalue weighted by Gasteiger charge is 2.14. The van der Waals surface area contributed by atoms with E-state index in [0.717, 1.165) is 28.0 Å². The van der Waals surface area contributed by atoms with Crippen LogP contribution in [-0.2, 0) is 0 Å². The second-order valence-corrected chi connectivity index (χ2v) is 6.71. The molecule has 0 saturated heterocycles. The van der Waals surface area contributed by atoms with Gasteiger partial charge in [0.15, 0.2) is 0 Å². The van der Waals surface area contributed by atoms with Gasteiger partial charge in [-0.05, 0) is 29.5 Å². The van der Waals surface area contributed by atoms with E-state index >= 15 is 0 Å². The third-order valence-electron chi connectivity index (χ3n) is 4.95. The third kappa shape index (κ3) is 2.67. The van der Waals surface area contributed by atoms with Crippen LogP contribution in [-0.4, -0.2) is 9.97 Å². The lowest BCUT2D eigenvalue weighted by Crippen LogP contribution is -1.96. The van der Waals surface area contributed by atoms with Crippen molar-refractivity contribution in [1.29, 1.82) is 0 Å². The molecular formula is C25H18N2. The number of hydrogen-bond acceptors (Lipinski definition) is 2. The van der Waals surface area contributed by atoms with Crippen LogP contribution in [0.5, 0.6) is 0 Å². The Morgan fingerprint density at radius 1 is 0.556 bits per heavy atom. The molecule has 0 bridgehead atoms. The van der Waals surface area contributed by atoms with Crippen LogP contribution in [0, 0.1) is 6.92 Å². The van der Waals surface area contributed by atoms with E-state index in [2.05, 4.69) is 84.9 Å². The average Bonchev–Trinajstić information content (AvgIpc) is 2.73. The van der Waals surface area contributed by atoms with Crippen LogP contribution in [0.3, 0.4) is 0 Å². The molecule has 0 saturated carbocycles. The molecule has 27 heavy (non-hydrogen) atoms. The van der Waals surface area contributed by atoms with E-state index in [1.165, 1.54) is 21.9 Å². The molecule has 5 aromatic rings. The molecule has 0 aliphatic rings. The maximum absolute atomic E-state index is 4.85. The monoisotopic (exact) mass is 346 g/mol. The molecule has 0 N–H and O–H groups in total. The molecule has 128 valence electrons. The zero-order valence-corrected chi connectivity index (χ0v) is 15.1. The molecule has 0 fully saturated rings. The quantitative estimate of drug-likeness (QED) is 0.344. The van der Waals surface area contributed by atoms with Crippen molar-refractivity contribution < 1.29 is 0 Å². The number of rotatable bonds is 2. The lowest BCUT2D eigenvalue weighted by atomic mass is 9.93. The highest BCUT2D eigenvalue weighted by molar-refractivity contribution is 6.17. The summed E-state index contributed by atoms with van der Waals surface area (Å²) in [5.74, 6) is 0.790. The zero-order valence-electron chi connectivity index (χ0n) is 15.1. The zero-order chi connectivity index (χ0) is 18.2. The van der Waals surface area contributed by atoms with Gasteiger partial charge in [-0.1, -0.05) is 84.9 Å². The molecule has 5 rings (SSSR count). The average molecular weight is 346 g/mol. The second-order valence-electron chi connectivity index (χ2n) is 6.71. The minimum absolute atomic E-state index is 0.790. The van der Waals surface area contributed by atoms with E-state index in [1.54, 1.807) is 0 Å². The molecule has 0 amide bonds. The summed E-state index contributed by atoms with van der Waals surface area (Å²) in [5, 5.41) is 3.53. The number of nitrogens with zero attached hydrogens (tertiary/aromatic N) is 2. The Hall–Kier alpha value is -3.52. The van der Waals surface area contributed by atoms with Gasteiger partial charge in [-0.25, -0.2) is 9.97 Å². The molecule has 0 radical (unpaired) electrons. The van der Waals surface area contributed by atoms with Gasteiger partial charge in [0.1, 0.15) is 5.82 Å². The molecule has 2 nitrogen and oxygen atoms in total. The first-order valence-electron chi connectivity index (χ1n) is 9.12. The minimum atomic E-state index is 0.790. The van der Waals surface area contributed by atoms with Crippen molar-refractivity contribution >= 4 is 21.7 Å². The van der Waals surface area contributed by atoms with Crippen LogP contribution in [0.2, 0.25) is 0 Å². The molecule has 0 aliphatic heterocycles. The van der Waals surface area contributed by atoms with E-state index < -0.39 is 0 Å². The van der Waals surface area contributed by atoms with Crippen molar-refractivity contribution in [1.82, 2.24) is 9.97 Å². The van der Waals surface area contributed by atoms with Crippen molar-refractivity contribution in [2.24, 2.45) is 0 Å². The summed E-state index contributed by atoms with van der Waals surface area (Å²) in [6, 6.07) is 31.6. The Morgan fingerprint density at radius 3 is 2.00 bits per heavy atom. The van der Waals surface area contributed by atoms with Gasteiger partial charge in [0, 0.05) is 16.3 Å². The summed E-state index contributed by atoms with van der Waals surface area (Å²) in [6.45, 7) is 1.96. The van der Waals surface area contributed by atoms with Gasteiger partial charge in [-0.15, -0.1) is 0 Å². The van der Waals surface area contributed by atoms with E-state index in [9.17, 15) is 0 Å². The van der Waals surface area contributed by atoms with Gasteiger partial charge in [0.25, 0.3) is 0 Å². The van der Waals surface area contributed by atoms with Crippen molar-refractivity contribution in [2.45, 2.75) is 6.92 Å². The van der Waals surface area contributed by atoms with Crippen molar-refractivity contribution in [3.05, 3.63) is 96.8 Å². The van der Waals surface area contributed by atoms with Gasteiger partial charge in [0.2, 0.25) is 0 Å². The number of benzene rings is 4. The van der Waals surface area contributed by atoms with Crippen molar-refractivity contribution in [2.75, 3.05) is 0 Å². The fraction of sp³-hybridized carbons (Fsp3) is 0.0400. The van der Waals surface area contributed by atoms with Crippen LogP contribution in [0.4, 0.5) is 0 Å². The molecule has 1 heterocycles. The summed E-state index contributed by atoms with van der Waals surface area (Å²) >= 11 is 0. The Balaban J connectivity index is 1.98. The van der Waals surface area contributed by atoms with Gasteiger partial charge in [-0.3, -0.25) is 0 Å². The third-order valence-corrected chi connectivity index (χ3v) is 4.95. The normalized spacial score (nSPS) is 11.1. The molecule has 0 unspecified atom stereocenters. The lowest BCUT2D eigenvalue weighted by Gasteiger charge is -2.14. The number of fused-ring (bicyclic) bond motifs is 3. The van der Waals surface area contributed by atoms with E-state index in [0.29, 0.717) is 0 Å². The predicted molar refractivity (Wildman–Crippen MR) is 113 cm³/mol. The van der Waals surface area contributed by atoms with Crippen LogP contribution >= 0.6 is 0 Å². The first-order valence-corrected chi connectivity index (χ1v) is 9.12. The molecule has 4 aromatic carbocycles. The van der Waals surface area contributed by atoms with Gasteiger partial charge in [0.05, 0.1) is 11.2 Å². The minimum Gasteiger partial charge on any atom is -0.233 e. The predicted octanol–water partition coefficient (Wildman–Crippen LogP) is 6.43. The molecule has 0 spiro atoms. The van der Waals surface area contributed by atoms with E-state index in [-0.39, 0.29) is 0 Å². The number of hydrogen-bond donors (Lipinski definition) is 0. The topological polar surface area (TPSA) is 25.8 Å². The Bertz CT molecular complexity index is 1260. The molecule has 1 aromatic heterocycles. The number of aryl methyl sites for hydroxylation is 1.